The zero-order chi connectivity index (χ0) is 17.4. The second kappa shape index (κ2) is 6.29. The number of hydrogen-bond donors (Lipinski definition) is 1. The Morgan fingerprint density at radius 1 is 1.28 bits per heavy atom. The van der Waals surface area contributed by atoms with Gasteiger partial charge >= 0.3 is 5.69 Å². The molecule has 0 unspecified atom stereocenters. The fourth-order valence-electron chi connectivity index (χ4n) is 3.18. The molecule has 1 aliphatic heterocycles. The van der Waals surface area contributed by atoms with Crippen molar-refractivity contribution >= 4 is 11.5 Å². The summed E-state index contributed by atoms with van der Waals surface area (Å²) in [6.07, 6.45) is 4.98. The van der Waals surface area contributed by atoms with E-state index in [-0.39, 0.29) is 24.1 Å². The summed E-state index contributed by atoms with van der Waals surface area (Å²) < 4.78 is 16.2. The molecule has 0 bridgehead atoms. The molecule has 8 heteroatoms. The first-order valence-electron chi connectivity index (χ1n) is 8.31. The summed E-state index contributed by atoms with van der Waals surface area (Å²) >= 11 is 0. The number of hydrogen-bond acceptors (Lipinski definition) is 5. The van der Waals surface area contributed by atoms with Crippen molar-refractivity contribution < 1.29 is 4.39 Å². The van der Waals surface area contributed by atoms with Crippen LogP contribution in [0, 0.1) is 5.82 Å². The number of rotatable bonds is 3. The van der Waals surface area contributed by atoms with Gasteiger partial charge in [-0.15, -0.1) is 5.10 Å². The summed E-state index contributed by atoms with van der Waals surface area (Å²) in [7, 11) is 0. The minimum absolute atomic E-state index is 0.211. The smallest absolute Gasteiger partial charge is 0.350 e. The number of nitrogens with zero attached hydrogens (tertiary/aromatic N) is 5. The molecule has 0 amide bonds. The highest BCUT2D eigenvalue weighted by atomic mass is 19.1. The molecule has 4 rings (SSSR count). The van der Waals surface area contributed by atoms with Gasteiger partial charge in [0.1, 0.15) is 5.82 Å². The number of anilines is 1. The van der Waals surface area contributed by atoms with Crippen LogP contribution in [0.5, 0.6) is 0 Å². The lowest BCUT2D eigenvalue weighted by atomic mass is 10.1. The van der Waals surface area contributed by atoms with Crippen molar-refractivity contribution in [1.82, 2.24) is 19.2 Å². The van der Waals surface area contributed by atoms with Gasteiger partial charge in [-0.2, -0.15) is 0 Å². The lowest BCUT2D eigenvalue weighted by Gasteiger charge is -2.30. The molecule has 130 valence electrons. The van der Waals surface area contributed by atoms with E-state index in [0.29, 0.717) is 17.0 Å². The number of fused-ring (bicyclic) bond motifs is 1. The van der Waals surface area contributed by atoms with Crippen molar-refractivity contribution in [3.63, 3.8) is 0 Å². The fourth-order valence-corrected chi connectivity index (χ4v) is 3.18. The van der Waals surface area contributed by atoms with Gasteiger partial charge in [0.05, 0.1) is 6.54 Å². The Bertz CT molecular complexity index is 957. The Hall–Kier alpha value is -2.74. The first kappa shape index (κ1) is 15.8. The van der Waals surface area contributed by atoms with E-state index in [1.54, 1.807) is 24.5 Å². The lowest BCUT2D eigenvalue weighted by Crippen LogP contribution is -2.40. The third-order valence-electron chi connectivity index (χ3n) is 4.54. The van der Waals surface area contributed by atoms with Crippen molar-refractivity contribution in [2.24, 2.45) is 5.73 Å². The zero-order valence-electron chi connectivity index (χ0n) is 13.7. The van der Waals surface area contributed by atoms with E-state index in [0.717, 1.165) is 25.9 Å². The molecule has 1 fully saturated rings. The largest absolute Gasteiger partial charge is 0.353 e. The fraction of sp³-hybridized carbons (Fsp3) is 0.353. The minimum Gasteiger partial charge on any atom is -0.353 e. The van der Waals surface area contributed by atoms with Gasteiger partial charge in [0, 0.05) is 31.5 Å². The molecule has 0 aliphatic carbocycles. The molecule has 2 aromatic heterocycles. The molecule has 0 saturated carbocycles. The molecule has 2 N–H and O–H groups in total. The summed E-state index contributed by atoms with van der Waals surface area (Å²) in [6, 6.07) is 6.38. The minimum atomic E-state index is -0.332. The van der Waals surface area contributed by atoms with Crippen molar-refractivity contribution in [2.45, 2.75) is 25.4 Å². The van der Waals surface area contributed by atoms with Gasteiger partial charge in [0.15, 0.2) is 5.82 Å². The van der Waals surface area contributed by atoms with Gasteiger partial charge in [-0.05, 0) is 30.5 Å². The molecule has 1 aromatic carbocycles. The summed E-state index contributed by atoms with van der Waals surface area (Å²) in [5, 5.41) is 4.44. The molecular weight excluding hydrogens is 323 g/mol. The van der Waals surface area contributed by atoms with Crippen LogP contribution in [0.4, 0.5) is 10.2 Å². The van der Waals surface area contributed by atoms with Gasteiger partial charge in [0.25, 0.3) is 0 Å². The normalized spacial score (nSPS) is 15.8. The number of piperidine rings is 1. The topological polar surface area (TPSA) is 81.5 Å². The molecule has 1 saturated heterocycles. The predicted octanol–water partition coefficient (Wildman–Crippen LogP) is 1.01. The average molecular weight is 342 g/mol. The summed E-state index contributed by atoms with van der Waals surface area (Å²) in [5.74, 6) is 0.353. The van der Waals surface area contributed by atoms with Gasteiger partial charge in [-0.25, -0.2) is 23.3 Å². The van der Waals surface area contributed by atoms with Crippen LogP contribution in [-0.4, -0.2) is 38.3 Å². The van der Waals surface area contributed by atoms with E-state index in [1.807, 2.05) is 0 Å². The first-order chi connectivity index (χ1) is 12.1. The van der Waals surface area contributed by atoms with Gasteiger partial charge in [-0.1, -0.05) is 12.1 Å². The Morgan fingerprint density at radius 2 is 2.08 bits per heavy atom. The lowest BCUT2D eigenvalue weighted by molar-refractivity contribution is 0.499. The SMILES string of the molecule is NC1CCN(c2nccn3c(=O)n(Cc4cccc(F)c4)nc23)CC1. The Balaban J connectivity index is 1.72. The average Bonchev–Trinajstić information content (AvgIpc) is 2.92. The summed E-state index contributed by atoms with van der Waals surface area (Å²) in [5.41, 5.74) is 6.89. The van der Waals surface area contributed by atoms with Crippen molar-refractivity contribution in [3.05, 3.63) is 58.5 Å². The van der Waals surface area contributed by atoms with Crippen LogP contribution in [0.25, 0.3) is 5.65 Å². The monoisotopic (exact) mass is 342 g/mol. The quantitative estimate of drug-likeness (QED) is 0.768. The molecule has 0 atom stereocenters. The van der Waals surface area contributed by atoms with E-state index in [9.17, 15) is 9.18 Å². The summed E-state index contributed by atoms with van der Waals surface area (Å²) in [4.78, 5) is 19.1. The zero-order valence-corrected chi connectivity index (χ0v) is 13.7. The van der Waals surface area contributed by atoms with Crippen LogP contribution in [-0.2, 0) is 6.54 Å². The van der Waals surface area contributed by atoms with Crippen LogP contribution in [0.3, 0.4) is 0 Å². The standard InChI is InChI=1S/C17H19FN6O/c18-13-3-1-2-12(10-13)11-24-17(25)23-9-6-20-15(16(23)21-24)22-7-4-14(19)5-8-22/h1-3,6,9-10,14H,4-5,7-8,11,19H2. The highest BCUT2D eigenvalue weighted by Gasteiger charge is 2.21. The van der Waals surface area contributed by atoms with E-state index >= 15 is 0 Å². The Morgan fingerprint density at radius 3 is 2.84 bits per heavy atom. The predicted molar refractivity (Wildman–Crippen MR) is 92.2 cm³/mol. The van der Waals surface area contributed by atoms with Gasteiger partial charge in [0.2, 0.25) is 5.65 Å². The van der Waals surface area contributed by atoms with E-state index < -0.39 is 0 Å². The highest BCUT2D eigenvalue weighted by Crippen LogP contribution is 2.20. The molecule has 0 spiro atoms. The van der Waals surface area contributed by atoms with Crippen LogP contribution in [0.2, 0.25) is 0 Å². The summed E-state index contributed by atoms with van der Waals surface area (Å²) in [6.45, 7) is 1.79. The Kier molecular flexibility index (Phi) is 3.96. The maximum Gasteiger partial charge on any atom is 0.350 e. The van der Waals surface area contributed by atoms with Gasteiger partial charge in [-0.3, -0.25) is 0 Å². The molecule has 25 heavy (non-hydrogen) atoms. The van der Waals surface area contributed by atoms with Crippen LogP contribution in [0.1, 0.15) is 18.4 Å². The van der Waals surface area contributed by atoms with Gasteiger partial charge < -0.3 is 10.6 Å². The number of halogens is 1. The third-order valence-corrected chi connectivity index (χ3v) is 4.54. The third kappa shape index (κ3) is 3.00. The van der Waals surface area contributed by atoms with Crippen molar-refractivity contribution in [2.75, 3.05) is 18.0 Å². The molecule has 3 aromatic rings. The Labute approximate surface area is 143 Å². The molecule has 0 radical (unpaired) electrons. The molecule has 1 aliphatic rings. The van der Waals surface area contributed by atoms with Crippen LogP contribution < -0.4 is 16.3 Å². The van der Waals surface area contributed by atoms with Crippen LogP contribution >= 0.6 is 0 Å². The second-order valence-electron chi connectivity index (χ2n) is 6.34. The number of nitrogens with two attached hydrogens (primary N) is 1. The van der Waals surface area contributed by atoms with Crippen molar-refractivity contribution in [3.8, 4) is 0 Å². The van der Waals surface area contributed by atoms with E-state index in [2.05, 4.69) is 15.0 Å². The maximum atomic E-state index is 13.4. The molecular formula is C17H19FN6O. The second-order valence-corrected chi connectivity index (χ2v) is 6.34. The molecule has 3 heterocycles. The van der Waals surface area contributed by atoms with Crippen LogP contribution in [0.15, 0.2) is 41.5 Å². The highest BCUT2D eigenvalue weighted by molar-refractivity contribution is 5.63. The van der Waals surface area contributed by atoms with E-state index in [4.69, 9.17) is 5.73 Å². The number of aromatic nitrogens is 4. The molecule has 7 nitrogen and oxygen atoms in total. The first-order valence-corrected chi connectivity index (χ1v) is 8.31. The van der Waals surface area contributed by atoms with Crippen molar-refractivity contribution in [1.29, 1.82) is 0 Å². The van der Waals surface area contributed by atoms with E-state index in [1.165, 1.54) is 21.2 Å². The maximum absolute atomic E-state index is 13.4. The number of benzene rings is 1.